The summed E-state index contributed by atoms with van der Waals surface area (Å²) in [6.45, 7) is 0.745. The molecule has 0 amide bonds. The first kappa shape index (κ1) is 33.5. The molecule has 5 aromatic carbocycles. The van der Waals surface area contributed by atoms with Crippen LogP contribution in [0.2, 0.25) is 0 Å². The number of hydrogen-bond donors (Lipinski definition) is 3. The van der Waals surface area contributed by atoms with Gasteiger partial charge in [-0.1, -0.05) is 66.7 Å². The summed E-state index contributed by atoms with van der Waals surface area (Å²) in [6, 6.07) is 37.5. The Balaban J connectivity index is 1.41. The lowest BCUT2D eigenvalue weighted by Gasteiger charge is -2.26. The fourth-order valence-electron chi connectivity index (χ4n) is 5.38. The topological polar surface area (TPSA) is 135 Å². The molecule has 3 N–H and O–H groups in total. The van der Waals surface area contributed by atoms with Gasteiger partial charge in [0.25, 0.3) is 20.0 Å². The minimum absolute atomic E-state index is 0.124. The summed E-state index contributed by atoms with van der Waals surface area (Å²) in [7, 11) is -3.93. The van der Waals surface area contributed by atoms with Crippen molar-refractivity contribution in [3.05, 3.63) is 145 Å². The third kappa shape index (κ3) is 7.36. The summed E-state index contributed by atoms with van der Waals surface area (Å²) in [5, 5.41) is 11.8. The van der Waals surface area contributed by atoms with Crippen molar-refractivity contribution in [1.29, 1.82) is 0 Å². The van der Waals surface area contributed by atoms with Crippen molar-refractivity contribution >= 4 is 53.7 Å². The average Bonchev–Trinajstić information content (AvgIpc) is 3.43. The van der Waals surface area contributed by atoms with Gasteiger partial charge >= 0.3 is 0 Å². The third-order valence-electron chi connectivity index (χ3n) is 7.83. The minimum Gasteiger partial charge on any atom is -0.494 e. The Hall–Kier alpha value is -5.43. The van der Waals surface area contributed by atoms with Crippen LogP contribution in [-0.2, 0) is 20.0 Å². The number of aromatic amines is 1. The first-order valence-electron chi connectivity index (χ1n) is 15.4. The second kappa shape index (κ2) is 14.0. The predicted octanol–water partition coefficient (Wildman–Crippen LogP) is 6.60. The van der Waals surface area contributed by atoms with Crippen LogP contribution in [0.15, 0.2) is 148 Å². The molecule has 0 bridgehead atoms. The highest BCUT2D eigenvalue weighted by Gasteiger charge is 2.25. The Morgan fingerprint density at radius 3 is 1.94 bits per heavy atom. The molecule has 12 heteroatoms. The Morgan fingerprint density at radius 2 is 1.33 bits per heavy atom. The number of hydrogen-bond acceptors (Lipinski definition) is 7. The van der Waals surface area contributed by atoms with E-state index in [1.165, 1.54) is 16.4 Å². The number of sulfonamides is 2. The number of benzene rings is 5. The highest BCUT2D eigenvalue weighted by Crippen LogP contribution is 2.34. The molecule has 49 heavy (non-hydrogen) atoms. The summed E-state index contributed by atoms with van der Waals surface area (Å²) < 4.78 is 57.6. The smallest absolute Gasteiger partial charge is 0.264 e. The molecule has 0 aliphatic heterocycles. The monoisotopic (exact) mass is 693 g/mol. The molecule has 0 unspecified atom stereocenters. The highest BCUT2D eigenvalue weighted by atomic mass is 32.2. The lowest BCUT2D eigenvalue weighted by atomic mass is 10.0. The van der Waals surface area contributed by atoms with Gasteiger partial charge in [0.15, 0.2) is 5.88 Å². The van der Waals surface area contributed by atoms with Crippen molar-refractivity contribution in [2.24, 2.45) is 4.99 Å². The van der Waals surface area contributed by atoms with Gasteiger partial charge in [0.05, 0.1) is 32.4 Å². The van der Waals surface area contributed by atoms with Gasteiger partial charge in [-0.2, -0.15) is 0 Å². The summed E-state index contributed by atoms with van der Waals surface area (Å²) in [5.41, 5.74) is 3.41. The normalized spacial score (nSPS) is 12.3. The Kier molecular flexibility index (Phi) is 9.54. The maximum atomic E-state index is 13.7. The molecule has 0 atom stereocenters. The second-order valence-electron chi connectivity index (χ2n) is 11.6. The van der Waals surface area contributed by atoms with Crippen LogP contribution in [-0.4, -0.2) is 64.7 Å². The average molecular weight is 694 g/mol. The van der Waals surface area contributed by atoms with E-state index in [9.17, 15) is 21.9 Å². The van der Waals surface area contributed by atoms with Gasteiger partial charge in [0, 0.05) is 35.2 Å². The number of aliphatic imine (C=N–C) groups is 1. The van der Waals surface area contributed by atoms with Crippen LogP contribution in [0.4, 0.5) is 17.1 Å². The van der Waals surface area contributed by atoms with Gasteiger partial charge in [0.1, 0.15) is 0 Å². The molecule has 1 aromatic heterocycles. The molecule has 0 saturated heterocycles. The fourth-order valence-corrected chi connectivity index (χ4v) is 7.92. The van der Waals surface area contributed by atoms with Gasteiger partial charge in [-0.3, -0.25) is 9.03 Å². The lowest BCUT2D eigenvalue weighted by molar-refractivity contribution is 0.419. The first-order chi connectivity index (χ1) is 23.5. The van der Waals surface area contributed by atoms with Crippen molar-refractivity contribution < 1.29 is 21.9 Å². The molecule has 6 aromatic rings. The Bertz CT molecular complexity index is 2310. The number of H-pyrrole nitrogens is 1. The van der Waals surface area contributed by atoms with E-state index in [1.807, 2.05) is 49.3 Å². The van der Waals surface area contributed by atoms with E-state index >= 15 is 0 Å². The van der Waals surface area contributed by atoms with Crippen LogP contribution in [0.5, 0.6) is 5.88 Å². The number of aromatic nitrogens is 1. The molecule has 0 aliphatic carbocycles. The standard InChI is InChI=1S/C37H35N5O5S2/c1-41(2)24-25-42(49(46,47)32-16-10-5-11-17-32)30-21-18-28(19-22-30)38-36(27-12-6-3-7-13-27)35-33-26-29(20-23-34(33)39-37(35)43)40-48(44,45)31-14-8-4-9-15-31/h3-23,26,39-40,43H,24-25H2,1-2H3. The van der Waals surface area contributed by atoms with Crippen LogP contribution in [0.3, 0.4) is 0 Å². The first-order valence-corrected chi connectivity index (χ1v) is 18.3. The molecular formula is C37H35N5O5S2. The lowest BCUT2D eigenvalue weighted by Crippen LogP contribution is -2.36. The quantitative estimate of drug-likeness (QED) is 0.124. The van der Waals surface area contributed by atoms with Crippen LogP contribution < -0.4 is 9.03 Å². The van der Waals surface area contributed by atoms with E-state index in [1.54, 1.807) is 91.0 Å². The minimum atomic E-state index is -3.86. The molecular weight excluding hydrogens is 659 g/mol. The number of nitrogens with zero attached hydrogens (tertiary/aromatic N) is 3. The van der Waals surface area contributed by atoms with E-state index in [-0.39, 0.29) is 22.2 Å². The predicted molar refractivity (Wildman–Crippen MR) is 195 cm³/mol. The summed E-state index contributed by atoms with van der Waals surface area (Å²) in [6.07, 6.45) is 0. The number of nitrogens with one attached hydrogen (secondary N) is 2. The molecule has 10 nitrogen and oxygen atoms in total. The molecule has 0 aliphatic rings. The van der Waals surface area contributed by atoms with Gasteiger partial charge in [0.2, 0.25) is 0 Å². The van der Waals surface area contributed by atoms with Crippen molar-refractivity contribution in [2.45, 2.75) is 9.79 Å². The SMILES string of the molecule is CN(C)CCN(c1ccc(N=C(c2ccccc2)c2c(O)[nH]c3ccc(NS(=O)(=O)c4ccccc4)cc23)cc1)S(=O)(=O)c1ccccc1. The number of likely N-dealkylation sites (N-methyl/N-ethyl adjacent to an activating group) is 1. The maximum absolute atomic E-state index is 13.7. The van der Waals surface area contributed by atoms with E-state index in [0.717, 1.165) is 0 Å². The number of anilines is 2. The maximum Gasteiger partial charge on any atom is 0.264 e. The van der Waals surface area contributed by atoms with Crippen molar-refractivity contribution in [3.8, 4) is 5.88 Å². The molecule has 0 fully saturated rings. The zero-order valence-corrected chi connectivity index (χ0v) is 28.5. The van der Waals surface area contributed by atoms with Crippen LogP contribution in [0.25, 0.3) is 10.9 Å². The van der Waals surface area contributed by atoms with Gasteiger partial charge in [-0.05, 0) is 80.8 Å². The number of fused-ring (bicyclic) bond motifs is 1. The third-order valence-corrected chi connectivity index (χ3v) is 11.1. The van der Waals surface area contributed by atoms with E-state index in [4.69, 9.17) is 4.99 Å². The molecule has 1 heterocycles. The van der Waals surface area contributed by atoms with Crippen LogP contribution >= 0.6 is 0 Å². The van der Waals surface area contributed by atoms with Gasteiger partial charge < -0.3 is 15.0 Å². The molecule has 0 saturated carbocycles. The van der Waals surface area contributed by atoms with Crippen molar-refractivity contribution in [2.75, 3.05) is 36.2 Å². The molecule has 0 radical (unpaired) electrons. The molecule has 0 spiro atoms. The zero-order chi connectivity index (χ0) is 34.6. The van der Waals surface area contributed by atoms with Crippen LogP contribution in [0, 0.1) is 0 Å². The Morgan fingerprint density at radius 1 is 0.735 bits per heavy atom. The number of aromatic hydroxyl groups is 1. The van der Waals surface area contributed by atoms with Gasteiger partial charge in [-0.15, -0.1) is 0 Å². The molecule has 6 rings (SSSR count). The largest absolute Gasteiger partial charge is 0.494 e. The summed E-state index contributed by atoms with van der Waals surface area (Å²) in [5.74, 6) is -0.138. The Labute approximate surface area is 286 Å². The van der Waals surface area contributed by atoms with Crippen LogP contribution in [0.1, 0.15) is 11.1 Å². The summed E-state index contributed by atoms with van der Waals surface area (Å²) in [4.78, 5) is 10.2. The molecule has 250 valence electrons. The van der Waals surface area contributed by atoms with E-state index < -0.39 is 20.0 Å². The van der Waals surface area contributed by atoms with Crippen molar-refractivity contribution in [3.63, 3.8) is 0 Å². The van der Waals surface area contributed by atoms with Gasteiger partial charge in [-0.25, -0.2) is 21.8 Å². The zero-order valence-electron chi connectivity index (χ0n) is 26.9. The number of rotatable bonds is 12. The van der Waals surface area contributed by atoms with Crippen molar-refractivity contribution in [1.82, 2.24) is 9.88 Å². The van der Waals surface area contributed by atoms with E-state index in [0.29, 0.717) is 51.3 Å². The highest BCUT2D eigenvalue weighted by molar-refractivity contribution is 7.93. The summed E-state index contributed by atoms with van der Waals surface area (Å²) >= 11 is 0. The second-order valence-corrected chi connectivity index (χ2v) is 15.1. The van der Waals surface area contributed by atoms with E-state index in [2.05, 4.69) is 9.71 Å². The fraction of sp³-hybridized carbons (Fsp3) is 0.108.